The number of amides is 1. The SMILES string of the molecule is N#CCc1ccc(NC(=O)CNc2ccccc2N2CCCCC2)cc1. The van der Waals surface area contributed by atoms with Crippen LogP contribution in [0.25, 0.3) is 0 Å². The Morgan fingerprint density at radius 1 is 1.04 bits per heavy atom. The number of nitrogens with zero attached hydrogens (tertiary/aromatic N) is 2. The molecule has 0 aromatic heterocycles. The Labute approximate surface area is 154 Å². The highest BCUT2D eigenvalue weighted by Crippen LogP contribution is 2.28. The van der Waals surface area contributed by atoms with E-state index in [1.165, 1.54) is 24.9 Å². The third-order valence-corrected chi connectivity index (χ3v) is 4.56. The summed E-state index contributed by atoms with van der Waals surface area (Å²) in [4.78, 5) is 14.6. The highest BCUT2D eigenvalue weighted by atomic mass is 16.1. The lowest BCUT2D eigenvalue weighted by molar-refractivity contribution is -0.114. The number of nitriles is 1. The molecule has 2 aromatic rings. The van der Waals surface area contributed by atoms with Crippen LogP contribution in [0.15, 0.2) is 48.5 Å². The largest absolute Gasteiger partial charge is 0.374 e. The molecule has 0 atom stereocenters. The van der Waals surface area contributed by atoms with E-state index >= 15 is 0 Å². The smallest absolute Gasteiger partial charge is 0.243 e. The highest BCUT2D eigenvalue weighted by molar-refractivity contribution is 5.94. The van der Waals surface area contributed by atoms with Gasteiger partial charge in [0.25, 0.3) is 0 Å². The van der Waals surface area contributed by atoms with Crippen LogP contribution in [-0.2, 0) is 11.2 Å². The molecule has 0 bridgehead atoms. The monoisotopic (exact) mass is 348 g/mol. The molecule has 1 amide bonds. The molecule has 0 saturated carbocycles. The molecule has 134 valence electrons. The number of rotatable bonds is 6. The van der Waals surface area contributed by atoms with Crippen LogP contribution in [0.5, 0.6) is 0 Å². The van der Waals surface area contributed by atoms with Gasteiger partial charge in [0, 0.05) is 18.8 Å². The number of carbonyl (C=O) groups excluding carboxylic acids is 1. The fourth-order valence-corrected chi connectivity index (χ4v) is 3.21. The van der Waals surface area contributed by atoms with Crippen molar-refractivity contribution in [3.63, 3.8) is 0 Å². The Morgan fingerprint density at radius 3 is 2.50 bits per heavy atom. The van der Waals surface area contributed by atoms with E-state index in [0.29, 0.717) is 6.42 Å². The van der Waals surface area contributed by atoms with Crippen LogP contribution >= 0.6 is 0 Å². The molecule has 1 fully saturated rings. The van der Waals surface area contributed by atoms with Crippen molar-refractivity contribution in [1.29, 1.82) is 5.26 Å². The summed E-state index contributed by atoms with van der Waals surface area (Å²) in [5.74, 6) is -0.0912. The number of hydrogen-bond donors (Lipinski definition) is 2. The van der Waals surface area contributed by atoms with Gasteiger partial charge in [0.1, 0.15) is 0 Å². The Bertz CT molecular complexity index is 773. The summed E-state index contributed by atoms with van der Waals surface area (Å²) in [5, 5.41) is 14.8. The molecule has 2 N–H and O–H groups in total. The van der Waals surface area contributed by atoms with Gasteiger partial charge in [-0.05, 0) is 49.1 Å². The van der Waals surface area contributed by atoms with Crippen LogP contribution in [0.4, 0.5) is 17.1 Å². The summed E-state index contributed by atoms with van der Waals surface area (Å²) in [6, 6.07) is 17.6. The molecule has 26 heavy (non-hydrogen) atoms. The Kier molecular flexibility index (Phi) is 6.10. The van der Waals surface area contributed by atoms with Crippen LogP contribution in [0.2, 0.25) is 0 Å². The lowest BCUT2D eigenvalue weighted by Gasteiger charge is -2.30. The van der Waals surface area contributed by atoms with Gasteiger partial charge in [-0.25, -0.2) is 0 Å². The van der Waals surface area contributed by atoms with Gasteiger partial charge in [0.2, 0.25) is 5.91 Å². The van der Waals surface area contributed by atoms with Gasteiger partial charge >= 0.3 is 0 Å². The summed E-state index contributed by atoms with van der Waals surface area (Å²) in [5.41, 5.74) is 3.84. The number of para-hydroxylation sites is 2. The van der Waals surface area contributed by atoms with Crippen LogP contribution in [0.1, 0.15) is 24.8 Å². The number of nitrogens with one attached hydrogen (secondary N) is 2. The quantitative estimate of drug-likeness (QED) is 0.833. The first kappa shape index (κ1) is 17.8. The Hall–Kier alpha value is -3.00. The second kappa shape index (κ2) is 8.91. The van der Waals surface area contributed by atoms with E-state index in [1.54, 1.807) is 0 Å². The Balaban J connectivity index is 1.57. The first-order chi connectivity index (χ1) is 12.8. The molecule has 0 unspecified atom stereocenters. The standard InChI is InChI=1S/C21H24N4O/c22-13-12-17-8-10-18(11-9-17)24-21(26)16-23-19-6-2-3-7-20(19)25-14-4-1-5-15-25/h2-3,6-11,23H,1,4-5,12,14-16H2,(H,24,26). The topological polar surface area (TPSA) is 68.2 Å². The molecular weight excluding hydrogens is 324 g/mol. The zero-order chi connectivity index (χ0) is 18.2. The van der Waals surface area contributed by atoms with Gasteiger partial charge in [-0.15, -0.1) is 0 Å². The molecule has 5 nitrogen and oxygen atoms in total. The van der Waals surface area contributed by atoms with Gasteiger partial charge < -0.3 is 15.5 Å². The van der Waals surface area contributed by atoms with E-state index < -0.39 is 0 Å². The molecule has 0 radical (unpaired) electrons. The molecule has 5 heteroatoms. The third kappa shape index (κ3) is 4.76. The van der Waals surface area contributed by atoms with Crippen LogP contribution < -0.4 is 15.5 Å². The van der Waals surface area contributed by atoms with Crippen molar-refractivity contribution in [1.82, 2.24) is 0 Å². The zero-order valence-corrected chi connectivity index (χ0v) is 14.9. The second-order valence-electron chi connectivity index (χ2n) is 6.50. The summed E-state index contributed by atoms with van der Waals surface area (Å²) >= 11 is 0. The minimum absolute atomic E-state index is 0.0912. The number of piperidine rings is 1. The zero-order valence-electron chi connectivity index (χ0n) is 14.9. The van der Waals surface area contributed by atoms with Crippen LogP contribution in [-0.4, -0.2) is 25.5 Å². The molecule has 2 aromatic carbocycles. The lowest BCUT2D eigenvalue weighted by atomic mass is 10.1. The van der Waals surface area contributed by atoms with Gasteiger partial charge in [0.15, 0.2) is 0 Å². The van der Waals surface area contributed by atoms with E-state index in [2.05, 4.69) is 27.7 Å². The van der Waals surface area contributed by atoms with Crippen LogP contribution in [0, 0.1) is 11.3 Å². The molecular formula is C21H24N4O. The molecule has 0 aliphatic carbocycles. The van der Waals surface area contributed by atoms with Crippen LogP contribution in [0.3, 0.4) is 0 Å². The van der Waals surface area contributed by atoms with E-state index in [9.17, 15) is 4.79 Å². The summed E-state index contributed by atoms with van der Waals surface area (Å²) in [6.45, 7) is 2.35. The normalized spacial score (nSPS) is 13.7. The summed E-state index contributed by atoms with van der Waals surface area (Å²) < 4.78 is 0. The average Bonchev–Trinajstić information content (AvgIpc) is 2.69. The van der Waals surface area contributed by atoms with E-state index in [1.807, 2.05) is 42.5 Å². The van der Waals surface area contributed by atoms with Gasteiger partial charge in [0.05, 0.1) is 30.4 Å². The third-order valence-electron chi connectivity index (χ3n) is 4.56. The van der Waals surface area contributed by atoms with Crippen molar-refractivity contribution in [2.45, 2.75) is 25.7 Å². The first-order valence-electron chi connectivity index (χ1n) is 9.10. The van der Waals surface area contributed by atoms with Gasteiger partial charge in [-0.1, -0.05) is 24.3 Å². The number of benzene rings is 2. The molecule has 1 heterocycles. The average molecular weight is 348 g/mol. The number of hydrogen-bond acceptors (Lipinski definition) is 4. The maximum atomic E-state index is 12.2. The lowest BCUT2D eigenvalue weighted by Crippen LogP contribution is -2.30. The van der Waals surface area contributed by atoms with Crippen molar-refractivity contribution in [2.75, 3.05) is 35.2 Å². The maximum absolute atomic E-state index is 12.2. The van der Waals surface area contributed by atoms with E-state index in [0.717, 1.165) is 30.0 Å². The van der Waals surface area contributed by atoms with Gasteiger partial charge in [-0.3, -0.25) is 4.79 Å². The van der Waals surface area contributed by atoms with Crippen molar-refractivity contribution in [3.8, 4) is 6.07 Å². The van der Waals surface area contributed by atoms with Gasteiger partial charge in [-0.2, -0.15) is 5.26 Å². The van der Waals surface area contributed by atoms with E-state index in [-0.39, 0.29) is 12.5 Å². The van der Waals surface area contributed by atoms with Crippen molar-refractivity contribution < 1.29 is 4.79 Å². The van der Waals surface area contributed by atoms with Crippen molar-refractivity contribution in [2.24, 2.45) is 0 Å². The number of carbonyl (C=O) groups is 1. The number of anilines is 3. The Morgan fingerprint density at radius 2 is 1.77 bits per heavy atom. The molecule has 3 rings (SSSR count). The summed E-state index contributed by atoms with van der Waals surface area (Å²) in [7, 11) is 0. The molecule has 0 spiro atoms. The minimum atomic E-state index is -0.0912. The highest BCUT2D eigenvalue weighted by Gasteiger charge is 2.14. The van der Waals surface area contributed by atoms with E-state index in [4.69, 9.17) is 5.26 Å². The fraction of sp³-hybridized carbons (Fsp3) is 0.333. The maximum Gasteiger partial charge on any atom is 0.243 e. The fourth-order valence-electron chi connectivity index (χ4n) is 3.21. The predicted octanol–water partition coefficient (Wildman–Crippen LogP) is 3.79. The summed E-state index contributed by atoms with van der Waals surface area (Å²) in [6.07, 6.45) is 4.11. The van der Waals surface area contributed by atoms with Crippen molar-refractivity contribution in [3.05, 3.63) is 54.1 Å². The molecule has 1 aliphatic heterocycles. The van der Waals surface area contributed by atoms with Crippen molar-refractivity contribution >= 4 is 23.0 Å². The first-order valence-corrected chi connectivity index (χ1v) is 9.10. The minimum Gasteiger partial charge on any atom is -0.374 e. The molecule has 1 aliphatic rings. The molecule has 1 saturated heterocycles. The predicted molar refractivity (Wildman–Crippen MR) is 105 cm³/mol. The second-order valence-corrected chi connectivity index (χ2v) is 6.50.